The molecule has 8 heteroatoms. The van der Waals surface area contributed by atoms with Crippen LogP contribution < -0.4 is 0 Å². The van der Waals surface area contributed by atoms with Crippen LogP contribution in [0, 0.1) is 0 Å². The number of carboxylic acids is 3. The maximum Gasteiger partial charge on any atom is 0.379 e. The van der Waals surface area contributed by atoms with Crippen LogP contribution in [0.15, 0.2) is 23.8 Å². The maximum absolute atomic E-state index is 12.1. The molecular weight excluding hydrogens is 254 g/mol. The number of halogens is 2. The van der Waals surface area contributed by atoms with E-state index in [4.69, 9.17) is 15.3 Å². The number of carbonyl (C=O) groups is 3. The van der Waals surface area contributed by atoms with E-state index in [1.54, 1.807) is 19.9 Å². The number of carboxylic acid groups (broad SMARTS) is 3. The highest BCUT2D eigenvalue weighted by Gasteiger charge is 2.45. The largest absolute Gasteiger partial charge is 0.478 e. The monoisotopic (exact) mass is 266 g/mol. The molecule has 6 nitrogen and oxygen atoms in total. The Bertz CT molecular complexity index is 397. The van der Waals surface area contributed by atoms with Crippen molar-refractivity contribution in [2.45, 2.75) is 19.8 Å². The van der Waals surface area contributed by atoms with Crippen molar-refractivity contribution in [2.24, 2.45) is 0 Å². The molecule has 0 atom stereocenters. The van der Waals surface area contributed by atoms with Gasteiger partial charge in [-0.1, -0.05) is 12.7 Å². The Balaban J connectivity index is 0. The first-order valence-corrected chi connectivity index (χ1v) is 4.38. The average Bonchev–Trinajstić information content (AvgIpc) is 2.26. The van der Waals surface area contributed by atoms with Gasteiger partial charge >= 0.3 is 23.8 Å². The summed E-state index contributed by atoms with van der Waals surface area (Å²) in [5.74, 6) is -9.80. The third-order valence-corrected chi connectivity index (χ3v) is 1.68. The minimum Gasteiger partial charge on any atom is -0.478 e. The number of hydrogen-bond acceptors (Lipinski definition) is 3. The molecule has 0 radical (unpaired) electrons. The summed E-state index contributed by atoms with van der Waals surface area (Å²) in [6.07, 6.45) is 1.56. The zero-order valence-corrected chi connectivity index (χ0v) is 9.61. The fourth-order valence-corrected chi connectivity index (χ4v) is 0.387. The van der Waals surface area contributed by atoms with Gasteiger partial charge < -0.3 is 15.3 Å². The molecule has 0 aliphatic rings. The Hall–Kier alpha value is -2.25. The lowest BCUT2D eigenvalue weighted by Crippen LogP contribution is -2.33. The quantitative estimate of drug-likeness (QED) is 0.663. The molecule has 0 aromatic rings. The number of rotatable bonds is 4. The molecule has 0 bridgehead atoms. The Labute approximate surface area is 101 Å². The van der Waals surface area contributed by atoms with Crippen LogP contribution in [-0.2, 0) is 14.4 Å². The van der Waals surface area contributed by atoms with Gasteiger partial charge in [-0.3, -0.25) is 0 Å². The number of aliphatic carboxylic acids is 3. The molecule has 3 N–H and O–H groups in total. The van der Waals surface area contributed by atoms with Gasteiger partial charge in [0.15, 0.2) is 0 Å². The zero-order valence-electron chi connectivity index (χ0n) is 9.61. The predicted octanol–water partition coefficient (Wildman–Crippen LogP) is 1.38. The van der Waals surface area contributed by atoms with Gasteiger partial charge in [0.1, 0.15) is 5.57 Å². The summed E-state index contributed by atoms with van der Waals surface area (Å²) in [7, 11) is 0. The van der Waals surface area contributed by atoms with Crippen molar-refractivity contribution >= 4 is 17.9 Å². The van der Waals surface area contributed by atoms with Crippen LogP contribution in [0.4, 0.5) is 8.78 Å². The second kappa shape index (κ2) is 7.15. The van der Waals surface area contributed by atoms with Crippen molar-refractivity contribution in [3.8, 4) is 0 Å². The summed E-state index contributed by atoms with van der Waals surface area (Å²) in [6.45, 7) is 5.67. The second-order valence-electron chi connectivity index (χ2n) is 2.94. The van der Waals surface area contributed by atoms with E-state index in [2.05, 4.69) is 6.58 Å². The van der Waals surface area contributed by atoms with Gasteiger partial charge in [0, 0.05) is 5.57 Å². The molecule has 0 aliphatic heterocycles. The van der Waals surface area contributed by atoms with E-state index in [0.29, 0.717) is 5.57 Å². The summed E-state index contributed by atoms with van der Waals surface area (Å²) in [6, 6.07) is 0. The Morgan fingerprint density at radius 1 is 1.11 bits per heavy atom. The first kappa shape index (κ1) is 18.1. The standard InChI is InChI=1S/C5H4F2O4.C5H8O2/c1-2(3(8)9)5(6,7)4(10)11;1-3-4(2)5(6)7/h1H2,(H,8,9)(H,10,11);3H,1-2H3,(H,6,7)/b;4-3+. The lowest BCUT2D eigenvalue weighted by atomic mass is 10.1. The molecule has 102 valence electrons. The molecule has 0 aliphatic carbocycles. The van der Waals surface area contributed by atoms with Crippen molar-refractivity contribution in [3.05, 3.63) is 23.8 Å². The minimum absolute atomic E-state index is 0.389. The fourth-order valence-electron chi connectivity index (χ4n) is 0.387. The number of alkyl halides is 2. The highest BCUT2D eigenvalue weighted by atomic mass is 19.3. The van der Waals surface area contributed by atoms with Crippen LogP contribution in [0.2, 0.25) is 0 Å². The van der Waals surface area contributed by atoms with E-state index in [9.17, 15) is 23.2 Å². The van der Waals surface area contributed by atoms with Gasteiger partial charge in [-0.2, -0.15) is 8.78 Å². The van der Waals surface area contributed by atoms with Gasteiger partial charge in [-0.05, 0) is 13.8 Å². The van der Waals surface area contributed by atoms with Crippen molar-refractivity contribution in [2.75, 3.05) is 0 Å². The summed E-state index contributed by atoms with van der Waals surface area (Å²) in [5.41, 5.74) is -1.26. The van der Waals surface area contributed by atoms with E-state index in [0.717, 1.165) is 0 Å². The zero-order chi connectivity index (χ0) is 15.1. The van der Waals surface area contributed by atoms with E-state index in [-0.39, 0.29) is 0 Å². The lowest BCUT2D eigenvalue weighted by Gasteiger charge is -2.09. The van der Waals surface area contributed by atoms with Gasteiger partial charge in [0.05, 0.1) is 0 Å². The van der Waals surface area contributed by atoms with Gasteiger partial charge in [0.25, 0.3) is 0 Å². The fraction of sp³-hybridized carbons (Fsp3) is 0.300. The molecule has 0 saturated carbocycles. The molecule has 0 fully saturated rings. The first-order valence-electron chi connectivity index (χ1n) is 4.38. The maximum atomic E-state index is 12.1. The van der Waals surface area contributed by atoms with Crippen LogP contribution in [0.1, 0.15) is 13.8 Å². The second-order valence-corrected chi connectivity index (χ2v) is 2.94. The smallest absolute Gasteiger partial charge is 0.379 e. The molecule has 0 saturated heterocycles. The van der Waals surface area contributed by atoms with Crippen LogP contribution in [0.5, 0.6) is 0 Å². The normalized spacial score (nSPS) is 11.0. The molecule has 18 heavy (non-hydrogen) atoms. The molecular formula is C10H12F2O6. The predicted molar refractivity (Wildman–Crippen MR) is 56.4 cm³/mol. The number of allylic oxidation sites excluding steroid dienone is 1. The van der Waals surface area contributed by atoms with Crippen molar-refractivity contribution in [1.29, 1.82) is 0 Å². The molecule has 0 aromatic carbocycles. The van der Waals surface area contributed by atoms with Gasteiger partial charge in [-0.15, -0.1) is 0 Å². The van der Waals surface area contributed by atoms with E-state index in [1.165, 1.54) is 0 Å². The highest BCUT2D eigenvalue weighted by molar-refractivity contribution is 5.96. The van der Waals surface area contributed by atoms with E-state index >= 15 is 0 Å². The highest BCUT2D eigenvalue weighted by Crippen LogP contribution is 2.22. The summed E-state index contributed by atoms with van der Waals surface area (Å²) < 4.78 is 24.2. The molecule has 0 amide bonds. The van der Waals surface area contributed by atoms with Crippen LogP contribution in [0.25, 0.3) is 0 Å². The Morgan fingerprint density at radius 2 is 1.50 bits per heavy atom. The van der Waals surface area contributed by atoms with Crippen LogP contribution in [-0.4, -0.2) is 39.2 Å². The van der Waals surface area contributed by atoms with Crippen molar-refractivity contribution < 1.29 is 38.5 Å². The van der Waals surface area contributed by atoms with Gasteiger partial charge in [0.2, 0.25) is 0 Å². The molecule has 0 aromatic heterocycles. The molecule has 0 spiro atoms. The SMILES string of the molecule is C/C=C(\C)C(=O)O.C=C(C(=O)O)C(F)(F)C(=O)O. The average molecular weight is 266 g/mol. The molecule has 0 unspecified atom stereocenters. The van der Waals surface area contributed by atoms with E-state index in [1.807, 2.05) is 0 Å². The van der Waals surface area contributed by atoms with Crippen LogP contribution in [0.3, 0.4) is 0 Å². The minimum atomic E-state index is -4.40. The first-order chi connectivity index (χ1) is 7.98. The van der Waals surface area contributed by atoms with Gasteiger partial charge in [-0.25, -0.2) is 14.4 Å². The van der Waals surface area contributed by atoms with Crippen molar-refractivity contribution in [3.63, 3.8) is 0 Å². The van der Waals surface area contributed by atoms with Crippen molar-refractivity contribution in [1.82, 2.24) is 0 Å². The van der Waals surface area contributed by atoms with Crippen LogP contribution >= 0.6 is 0 Å². The summed E-state index contributed by atoms with van der Waals surface area (Å²) in [4.78, 5) is 29.4. The lowest BCUT2D eigenvalue weighted by molar-refractivity contribution is -0.162. The van der Waals surface area contributed by atoms with E-state index < -0.39 is 29.4 Å². The Kier molecular flexibility index (Phi) is 7.20. The Morgan fingerprint density at radius 3 is 1.56 bits per heavy atom. The summed E-state index contributed by atoms with van der Waals surface area (Å²) >= 11 is 0. The number of hydrogen-bond donors (Lipinski definition) is 3. The molecule has 0 rings (SSSR count). The third-order valence-electron chi connectivity index (χ3n) is 1.68. The topological polar surface area (TPSA) is 112 Å². The third kappa shape index (κ3) is 5.73. The summed E-state index contributed by atoms with van der Waals surface area (Å²) in [5, 5.41) is 23.8. The molecule has 0 heterocycles.